The highest BCUT2D eigenvalue weighted by molar-refractivity contribution is 7.98. The first-order chi connectivity index (χ1) is 12.0. The van der Waals surface area contributed by atoms with E-state index >= 15 is 0 Å². The number of ether oxygens (including phenoxy) is 1. The van der Waals surface area contributed by atoms with Crippen molar-refractivity contribution in [2.45, 2.75) is 12.1 Å². The molecule has 0 atom stereocenters. The summed E-state index contributed by atoms with van der Waals surface area (Å²) in [6.07, 6.45) is 1.77. The van der Waals surface area contributed by atoms with Gasteiger partial charge in [0.1, 0.15) is 5.82 Å². The van der Waals surface area contributed by atoms with Crippen LogP contribution in [0.2, 0.25) is 0 Å². The van der Waals surface area contributed by atoms with E-state index in [1.54, 1.807) is 19.2 Å². The Bertz CT molecular complexity index is 1050. The van der Waals surface area contributed by atoms with E-state index in [2.05, 4.69) is 15.0 Å². The van der Waals surface area contributed by atoms with Crippen molar-refractivity contribution in [2.75, 3.05) is 13.4 Å². The average molecular weight is 359 g/mol. The molecule has 8 heteroatoms. The van der Waals surface area contributed by atoms with Crippen LogP contribution in [0.3, 0.4) is 0 Å². The van der Waals surface area contributed by atoms with Crippen molar-refractivity contribution in [3.63, 3.8) is 0 Å². The summed E-state index contributed by atoms with van der Waals surface area (Å²) in [7, 11) is 1.24. The lowest BCUT2D eigenvalue weighted by molar-refractivity contribution is 0.0600. The number of aromatic amines is 1. The number of carbonyl (C=O) groups is 1. The molecule has 3 rings (SSSR count). The molecule has 0 spiro atoms. The number of nitrogens with zero attached hydrogens (tertiary/aromatic N) is 2. The second-order valence-electron chi connectivity index (χ2n) is 5.22. The van der Waals surface area contributed by atoms with E-state index in [0.29, 0.717) is 16.4 Å². The minimum atomic E-state index is -0.653. The number of rotatable bonds is 3. The molecule has 2 heterocycles. The number of benzene rings is 1. The number of halogens is 1. The Morgan fingerprint density at radius 3 is 2.72 bits per heavy atom. The summed E-state index contributed by atoms with van der Waals surface area (Å²) in [6, 6.07) is 5.66. The van der Waals surface area contributed by atoms with Gasteiger partial charge in [0, 0.05) is 5.56 Å². The molecule has 0 bridgehead atoms. The van der Waals surface area contributed by atoms with E-state index in [4.69, 9.17) is 4.74 Å². The summed E-state index contributed by atoms with van der Waals surface area (Å²) in [6.45, 7) is 1.62. The van der Waals surface area contributed by atoms with Crippen LogP contribution in [0.5, 0.6) is 0 Å². The minimum Gasteiger partial charge on any atom is -0.465 e. The molecule has 1 aromatic carbocycles. The van der Waals surface area contributed by atoms with Crippen LogP contribution in [0.15, 0.2) is 34.2 Å². The topological polar surface area (TPSA) is 84.9 Å². The van der Waals surface area contributed by atoms with Crippen LogP contribution in [0.4, 0.5) is 4.39 Å². The normalized spacial score (nSPS) is 10.9. The molecule has 0 fully saturated rings. The SMILES string of the molecule is COC(=O)c1c(C)nc2nc(SC)[nH]c(=O)c2c1-c1cccc(F)c1. The van der Waals surface area contributed by atoms with Crippen molar-refractivity contribution in [2.24, 2.45) is 0 Å². The monoisotopic (exact) mass is 359 g/mol. The molecule has 1 N–H and O–H groups in total. The van der Waals surface area contributed by atoms with Gasteiger partial charge in [0.25, 0.3) is 5.56 Å². The molecule has 6 nitrogen and oxygen atoms in total. The Morgan fingerprint density at radius 1 is 1.32 bits per heavy atom. The first kappa shape index (κ1) is 17.1. The molecule has 128 valence electrons. The van der Waals surface area contributed by atoms with Gasteiger partial charge in [-0.15, -0.1) is 0 Å². The molecule has 0 aliphatic carbocycles. The standard InChI is InChI=1S/C17H14FN3O3S/c1-8-11(16(23)24-2)12(9-5-4-6-10(18)7-9)13-14(19-8)20-17(25-3)21-15(13)22/h4-7H,1-3H3,(H,19,20,21,22). The quantitative estimate of drug-likeness (QED) is 0.440. The fourth-order valence-electron chi connectivity index (χ4n) is 2.65. The predicted molar refractivity (Wildman–Crippen MR) is 93.4 cm³/mol. The van der Waals surface area contributed by atoms with Gasteiger partial charge in [-0.1, -0.05) is 23.9 Å². The van der Waals surface area contributed by atoms with Crippen LogP contribution >= 0.6 is 11.8 Å². The smallest absolute Gasteiger partial charge is 0.340 e. The summed E-state index contributed by atoms with van der Waals surface area (Å²) >= 11 is 1.26. The molecule has 0 radical (unpaired) electrons. The van der Waals surface area contributed by atoms with E-state index in [0.717, 1.165) is 0 Å². The number of hydrogen-bond donors (Lipinski definition) is 1. The predicted octanol–water partition coefficient (Wildman–Crippen LogP) is 2.94. The number of fused-ring (bicyclic) bond motifs is 1. The number of carbonyl (C=O) groups excluding carboxylic acids is 1. The first-order valence-corrected chi connectivity index (χ1v) is 8.51. The van der Waals surface area contributed by atoms with Crippen LogP contribution in [-0.2, 0) is 4.74 Å². The van der Waals surface area contributed by atoms with Gasteiger partial charge in [0.2, 0.25) is 0 Å². The maximum atomic E-state index is 13.8. The second-order valence-corrected chi connectivity index (χ2v) is 6.02. The molecule has 0 aliphatic heterocycles. The van der Waals surface area contributed by atoms with Crippen LogP contribution in [0.25, 0.3) is 22.2 Å². The largest absolute Gasteiger partial charge is 0.465 e. The van der Waals surface area contributed by atoms with Gasteiger partial charge in [-0.2, -0.15) is 0 Å². The Labute approximate surface area is 146 Å². The van der Waals surface area contributed by atoms with Gasteiger partial charge in [0.15, 0.2) is 10.8 Å². The molecular weight excluding hydrogens is 345 g/mol. The third-order valence-electron chi connectivity index (χ3n) is 3.71. The Morgan fingerprint density at radius 2 is 2.08 bits per heavy atom. The van der Waals surface area contributed by atoms with E-state index in [1.807, 2.05) is 0 Å². The third-order valence-corrected chi connectivity index (χ3v) is 4.29. The molecule has 0 aliphatic rings. The molecule has 25 heavy (non-hydrogen) atoms. The fourth-order valence-corrected chi connectivity index (χ4v) is 3.02. The van der Waals surface area contributed by atoms with Crippen molar-refractivity contribution < 1.29 is 13.9 Å². The fraction of sp³-hybridized carbons (Fsp3) is 0.176. The molecule has 0 amide bonds. The van der Waals surface area contributed by atoms with Crippen molar-refractivity contribution in [1.82, 2.24) is 15.0 Å². The van der Waals surface area contributed by atoms with Crippen LogP contribution in [0.1, 0.15) is 16.1 Å². The number of aromatic nitrogens is 3. The number of methoxy groups -OCH3 is 1. The molecule has 3 aromatic rings. The zero-order valence-corrected chi connectivity index (χ0v) is 14.5. The molecular formula is C17H14FN3O3S. The van der Waals surface area contributed by atoms with Crippen molar-refractivity contribution in [1.29, 1.82) is 0 Å². The first-order valence-electron chi connectivity index (χ1n) is 7.29. The maximum Gasteiger partial charge on any atom is 0.340 e. The van der Waals surface area contributed by atoms with Gasteiger partial charge in [-0.25, -0.2) is 19.2 Å². The Hall–Kier alpha value is -2.74. The van der Waals surface area contributed by atoms with Gasteiger partial charge >= 0.3 is 5.97 Å². The highest BCUT2D eigenvalue weighted by Crippen LogP contribution is 2.32. The van der Waals surface area contributed by atoms with Crippen molar-refractivity contribution in [3.8, 4) is 11.1 Å². The number of nitrogens with one attached hydrogen (secondary N) is 1. The Balaban J connectivity index is 2.52. The molecule has 0 saturated carbocycles. The number of pyridine rings is 1. The van der Waals surface area contributed by atoms with Gasteiger partial charge < -0.3 is 9.72 Å². The van der Waals surface area contributed by atoms with Crippen molar-refractivity contribution >= 4 is 28.8 Å². The zero-order chi connectivity index (χ0) is 18.1. The van der Waals surface area contributed by atoms with E-state index in [1.165, 1.54) is 37.1 Å². The van der Waals surface area contributed by atoms with Crippen molar-refractivity contribution in [3.05, 3.63) is 51.7 Å². The van der Waals surface area contributed by atoms with E-state index in [-0.39, 0.29) is 22.2 Å². The number of H-pyrrole nitrogens is 1. The lowest BCUT2D eigenvalue weighted by Crippen LogP contribution is -2.16. The summed E-state index contributed by atoms with van der Waals surface area (Å²) in [5, 5.41) is 0.523. The maximum absolute atomic E-state index is 13.8. The van der Waals surface area contributed by atoms with Crippen LogP contribution < -0.4 is 5.56 Å². The van der Waals surface area contributed by atoms with E-state index < -0.39 is 17.3 Å². The highest BCUT2D eigenvalue weighted by Gasteiger charge is 2.24. The molecule has 0 saturated heterocycles. The highest BCUT2D eigenvalue weighted by atomic mass is 32.2. The van der Waals surface area contributed by atoms with Crippen LogP contribution in [-0.4, -0.2) is 34.3 Å². The molecule has 0 unspecified atom stereocenters. The third kappa shape index (κ3) is 3.00. The average Bonchev–Trinajstić information content (AvgIpc) is 2.59. The van der Waals surface area contributed by atoms with E-state index in [9.17, 15) is 14.0 Å². The second kappa shape index (κ2) is 6.64. The minimum absolute atomic E-state index is 0.116. The van der Waals surface area contributed by atoms with Crippen LogP contribution in [0, 0.1) is 12.7 Å². The lowest BCUT2D eigenvalue weighted by Gasteiger charge is -2.13. The van der Waals surface area contributed by atoms with Gasteiger partial charge in [-0.05, 0) is 30.9 Å². The summed E-state index contributed by atoms with van der Waals surface area (Å²) in [5.74, 6) is -1.14. The summed E-state index contributed by atoms with van der Waals surface area (Å²) in [5.41, 5.74) is 0.840. The number of esters is 1. The lowest BCUT2D eigenvalue weighted by atomic mass is 9.96. The molecule has 2 aromatic heterocycles. The number of aryl methyl sites for hydroxylation is 1. The van der Waals surface area contributed by atoms with Gasteiger partial charge in [0.05, 0.1) is 23.8 Å². The zero-order valence-electron chi connectivity index (χ0n) is 13.7. The van der Waals surface area contributed by atoms with Gasteiger partial charge in [-0.3, -0.25) is 4.79 Å². The summed E-state index contributed by atoms with van der Waals surface area (Å²) in [4.78, 5) is 36.1. The summed E-state index contributed by atoms with van der Waals surface area (Å²) < 4.78 is 18.6. The number of thioether (sulfide) groups is 1. The Kier molecular flexibility index (Phi) is 4.54. The number of hydrogen-bond acceptors (Lipinski definition) is 6.